The van der Waals surface area contributed by atoms with E-state index in [1.54, 1.807) is 18.7 Å². The second kappa shape index (κ2) is 6.23. The smallest absolute Gasteiger partial charge is 0.224 e. The molecule has 5 heteroatoms. The summed E-state index contributed by atoms with van der Waals surface area (Å²) in [5.41, 5.74) is 2.27. The number of aromatic nitrogens is 3. The van der Waals surface area contributed by atoms with E-state index in [1.807, 2.05) is 22.9 Å². The lowest BCUT2D eigenvalue weighted by Crippen LogP contribution is -2.27. The zero-order chi connectivity index (χ0) is 17.3. The molecule has 0 unspecified atom stereocenters. The number of hydrogen-bond acceptors (Lipinski definition) is 3. The van der Waals surface area contributed by atoms with Crippen LogP contribution in [0.2, 0.25) is 0 Å². The van der Waals surface area contributed by atoms with Crippen molar-refractivity contribution in [2.75, 3.05) is 0 Å². The third-order valence-electron chi connectivity index (χ3n) is 4.78. The second-order valence-electron chi connectivity index (χ2n) is 7.24. The van der Waals surface area contributed by atoms with Gasteiger partial charge in [-0.3, -0.25) is 9.36 Å². The minimum absolute atomic E-state index is 0.0312. The third-order valence-corrected chi connectivity index (χ3v) is 4.78. The Labute approximate surface area is 142 Å². The Morgan fingerprint density at radius 3 is 2.83 bits per heavy atom. The fourth-order valence-electron chi connectivity index (χ4n) is 3.33. The molecule has 1 fully saturated rings. The van der Waals surface area contributed by atoms with E-state index in [4.69, 9.17) is 0 Å². The molecule has 1 amide bonds. The van der Waals surface area contributed by atoms with Crippen LogP contribution in [0, 0.1) is 17.3 Å². The predicted molar refractivity (Wildman–Crippen MR) is 93.4 cm³/mol. The molecule has 3 rings (SSSR count). The Morgan fingerprint density at radius 1 is 1.38 bits per heavy atom. The molecule has 0 radical (unpaired) electrons. The number of hydrogen-bond donors (Lipinski definition) is 1. The quantitative estimate of drug-likeness (QED) is 0.860. The normalized spacial score (nSPS) is 21.2. The number of amides is 1. The van der Waals surface area contributed by atoms with Crippen molar-refractivity contribution < 1.29 is 4.79 Å². The summed E-state index contributed by atoms with van der Waals surface area (Å²) >= 11 is 0. The Kier molecular flexibility index (Phi) is 4.26. The van der Waals surface area contributed by atoms with Gasteiger partial charge in [-0.15, -0.1) is 0 Å². The van der Waals surface area contributed by atoms with E-state index < -0.39 is 0 Å². The molecule has 0 aromatic carbocycles. The van der Waals surface area contributed by atoms with Crippen LogP contribution >= 0.6 is 0 Å². The maximum atomic E-state index is 12.6. The van der Waals surface area contributed by atoms with Gasteiger partial charge in [-0.1, -0.05) is 31.6 Å². The lowest BCUT2D eigenvalue weighted by molar-refractivity contribution is -0.123. The monoisotopic (exact) mass is 324 g/mol. The summed E-state index contributed by atoms with van der Waals surface area (Å²) in [6.07, 6.45) is 9.24. The van der Waals surface area contributed by atoms with Gasteiger partial charge in [-0.2, -0.15) is 0 Å². The van der Waals surface area contributed by atoms with E-state index in [0.29, 0.717) is 12.5 Å². The molecule has 2 aromatic heterocycles. The Balaban J connectivity index is 1.69. The minimum atomic E-state index is 0.0312. The minimum Gasteiger partial charge on any atom is -0.352 e. The predicted octanol–water partition coefficient (Wildman–Crippen LogP) is 3.12. The molecule has 0 aliphatic heterocycles. The van der Waals surface area contributed by atoms with E-state index in [0.717, 1.165) is 11.4 Å². The number of carbonyl (C=O) groups excluding carboxylic acids is 1. The second-order valence-corrected chi connectivity index (χ2v) is 7.24. The van der Waals surface area contributed by atoms with Gasteiger partial charge >= 0.3 is 0 Å². The molecule has 1 aliphatic rings. The van der Waals surface area contributed by atoms with Crippen LogP contribution < -0.4 is 5.32 Å². The molecule has 24 heavy (non-hydrogen) atoms. The first-order valence-electron chi connectivity index (χ1n) is 8.26. The highest BCUT2D eigenvalue weighted by Crippen LogP contribution is 2.59. The van der Waals surface area contributed by atoms with E-state index in [2.05, 4.69) is 49.1 Å². The number of allylic oxidation sites excluding steroid dienone is 2. The van der Waals surface area contributed by atoms with Gasteiger partial charge in [-0.25, -0.2) is 9.97 Å². The largest absolute Gasteiger partial charge is 0.352 e. The number of pyridine rings is 1. The molecule has 0 saturated heterocycles. The van der Waals surface area contributed by atoms with Crippen molar-refractivity contribution >= 4 is 5.91 Å². The zero-order valence-electron chi connectivity index (χ0n) is 14.7. The molecular weight excluding hydrogens is 300 g/mol. The number of rotatable bonds is 5. The molecular formula is C19H24N4O. The summed E-state index contributed by atoms with van der Waals surface area (Å²) in [6, 6.07) is 3.86. The highest BCUT2D eigenvalue weighted by atomic mass is 16.2. The van der Waals surface area contributed by atoms with E-state index in [9.17, 15) is 4.79 Å². The molecule has 1 aliphatic carbocycles. The SMILES string of the molecule is CC(C)=C[C@H]1[C@H](C(=O)NCc2cccnc2-n2ccnc2)C1(C)C. The van der Waals surface area contributed by atoms with Gasteiger partial charge in [0.25, 0.3) is 0 Å². The van der Waals surface area contributed by atoms with Crippen molar-refractivity contribution in [3.8, 4) is 5.82 Å². The van der Waals surface area contributed by atoms with E-state index in [1.165, 1.54) is 5.57 Å². The molecule has 1 saturated carbocycles. The number of carbonyl (C=O) groups is 1. The summed E-state index contributed by atoms with van der Waals surface area (Å²) in [7, 11) is 0. The topological polar surface area (TPSA) is 59.8 Å². The van der Waals surface area contributed by atoms with Crippen molar-refractivity contribution in [3.63, 3.8) is 0 Å². The Hall–Kier alpha value is -2.43. The third kappa shape index (κ3) is 3.11. The van der Waals surface area contributed by atoms with Gasteiger partial charge in [0.1, 0.15) is 12.1 Å². The molecule has 2 atom stereocenters. The van der Waals surface area contributed by atoms with Crippen molar-refractivity contribution in [2.24, 2.45) is 17.3 Å². The van der Waals surface area contributed by atoms with Crippen LogP contribution in [0.3, 0.4) is 0 Å². The lowest BCUT2D eigenvalue weighted by atomic mass is 10.1. The Morgan fingerprint density at radius 2 is 2.17 bits per heavy atom. The van der Waals surface area contributed by atoms with Gasteiger partial charge in [0, 0.05) is 30.7 Å². The van der Waals surface area contributed by atoms with Gasteiger partial charge in [0.05, 0.1) is 5.92 Å². The highest BCUT2D eigenvalue weighted by molar-refractivity contribution is 5.83. The summed E-state index contributed by atoms with van der Waals surface area (Å²) in [5.74, 6) is 1.28. The maximum absolute atomic E-state index is 12.6. The summed E-state index contributed by atoms with van der Waals surface area (Å²) in [4.78, 5) is 21.1. The molecule has 2 aromatic rings. The number of nitrogens with one attached hydrogen (secondary N) is 1. The van der Waals surface area contributed by atoms with Crippen LogP contribution in [0.5, 0.6) is 0 Å². The fraction of sp³-hybridized carbons (Fsp3) is 0.421. The molecule has 1 N–H and O–H groups in total. The van der Waals surface area contributed by atoms with Crippen molar-refractivity contribution in [2.45, 2.75) is 34.2 Å². The van der Waals surface area contributed by atoms with Crippen LogP contribution in [-0.2, 0) is 11.3 Å². The molecule has 5 nitrogen and oxygen atoms in total. The Bertz CT molecular complexity index is 757. The van der Waals surface area contributed by atoms with Crippen LogP contribution in [0.25, 0.3) is 5.82 Å². The van der Waals surface area contributed by atoms with Crippen LogP contribution in [0.1, 0.15) is 33.3 Å². The fourth-order valence-corrected chi connectivity index (χ4v) is 3.33. The number of nitrogens with zero attached hydrogens (tertiary/aromatic N) is 3. The summed E-state index contributed by atoms with van der Waals surface area (Å²) in [6.45, 7) is 8.94. The van der Waals surface area contributed by atoms with Crippen LogP contribution in [0.4, 0.5) is 0 Å². The van der Waals surface area contributed by atoms with Gasteiger partial charge in [0.2, 0.25) is 5.91 Å². The first-order valence-corrected chi connectivity index (χ1v) is 8.26. The molecule has 2 heterocycles. The summed E-state index contributed by atoms with van der Waals surface area (Å²) in [5, 5.41) is 3.08. The molecule has 0 spiro atoms. The molecule has 126 valence electrons. The maximum Gasteiger partial charge on any atom is 0.224 e. The van der Waals surface area contributed by atoms with Crippen LogP contribution in [0.15, 0.2) is 48.7 Å². The van der Waals surface area contributed by atoms with E-state index in [-0.39, 0.29) is 17.2 Å². The van der Waals surface area contributed by atoms with Crippen molar-refractivity contribution in [1.29, 1.82) is 0 Å². The molecule has 0 bridgehead atoms. The zero-order valence-corrected chi connectivity index (χ0v) is 14.7. The standard InChI is InChI=1S/C19H24N4O/c1-13(2)10-15-16(19(15,3)4)18(24)22-11-14-6-5-7-21-17(14)23-9-8-20-12-23/h5-10,12,15-16H,11H2,1-4H3,(H,22,24)/t15-,16+/m0/s1. The van der Waals surface area contributed by atoms with E-state index >= 15 is 0 Å². The first kappa shape index (κ1) is 16.4. The summed E-state index contributed by atoms with van der Waals surface area (Å²) < 4.78 is 1.86. The number of imidazole rings is 1. The van der Waals surface area contributed by atoms with Crippen molar-refractivity contribution in [1.82, 2.24) is 19.9 Å². The van der Waals surface area contributed by atoms with Gasteiger partial charge < -0.3 is 5.32 Å². The van der Waals surface area contributed by atoms with Gasteiger partial charge in [-0.05, 0) is 31.2 Å². The first-order chi connectivity index (χ1) is 11.4. The van der Waals surface area contributed by atoms with Crippen LogP contribution in [-0.4, -0.2) is 20.4 Å². The lowest BCUT2D eigenvalue weighted by Gasteiger charge is -2.10. The average molecular weight is 324 g/mol. The van der Waals surface area contributed by atoms with Gasteiger partial charge in [0.15, 0.2) is 0 Å². The average Bonchev–Trinajstić information content (AvgIpc) is 2.93. The highest BCUT2D eigenvalue weighted by Gasteiger charge is 2.60. The van der Waals surface area contributed by atoms with Crippen molar-refractivity contribution in [3.05, 3.63) is 54.3 Å².